The highest BCUT2D eigenvalue weighted by Gasteiger charge is 2.09. The minimum Gasteiger partial charge on any atom is -0.483 e. The van der Waals surface area contributed by atoms with Crippen LogP contribution in [0.2, 0.25) is 5.02 Å². The minimum atomic E-state index is -0.388. The average Bonchev–Trinajstić information content (AvgIpc) is 3.04. The van der Waals surface area contributed by atoms with Gasteiger partial charge in [-0.25, -0.2) is 4.39 Å². The third-order valence-electron chi connectivity index (χ3n) is 3.71. The number of aryl methyl sites for hydroxylation is 1. The summed E-state index contributed by atoms with van der Waals surface area (Å²) in [6, 6.07) is 13.4. The number of halogens is 2. The van der Waals surface area contributed by atoms with Crippen molar-refractivity contribution in [3.05, 3.63) is 76.7 Å². The lowest BCUT2D eigenvalue weighted by Crippen LogP contribution is -2.20. The second-order valence-corrected chi connectivity index (χ2v) is 6.14. The first-order valence-corrected chi connectivity index (χ1v) is 8.35. The number of carbonyl (C=O) groups excluding carboxylic acids is 1. The molecule has 1 amide bonds. The Morgan fingerprint density at radius 1 is 1.27 bits per heavy atom. The molecule has 0 aliphatic carbocycles. The topological polar surface area (TPSA) is 56.1 Å². The molecule has 1 N–H and O–H groups in total. The maximum Gasteiger partial charge on any atom is 0.263 e. The van der Waals surface area contributed by atoms with Crippen LogP contribution in [-0.2, 0) is 11.3 Å². The summed E-state index contributed by atoms with van der Waals surface area (Å²) in [6.45, 7) is 2.17. The van der Waals surface area contributed by atoms with Gasteiger partial charge in [-0.15, -0.1) is 0 Å². The molecule has 0 radical (unpaired) electrons. The van der Waals surface area contributed by atoms with Crippen LogP contribution in [0.1, 0.15) is 11.1 Å². The van der Waals surface area contributed by atoms with Gasteiger partial charge in [-0.1, -0.05) is 35.9 Å². The van der Waals surface area contributed by atoms with E-state index in [-0.39, 0.29) is 18.3 Å². The van der Waals surface area contributed by atoms with E-state index in [1.165, 1.54) is 12.1 Å². The highest BCUT2D eigenvalue weighted by molar-refractivity contribution is 6.31. The van der Waals surface area contributed by atoms with Crippen molar-refractivity contribution in [2.75, 3.05) is 11.9 Å². The van der Waals surface area contributed by atoms with Gasteiger partial charge in [0.1, 0.15) is 11.6 Å². The molecule has 0 atom stereocenters. The number of aromatic nitrogens is 2. The molecule has 0 aliphatic heterocycles. The molecular weight excluding hydrogens is 357 g/mol. The third-order valence-corrected chi connectivity index (χ3v) is 4.06. The number of anilines is 1. The standard InChI is InChI=1S/C19H17ClFN3O2/c1-13-4-2-3-5-17(13)26-12-19(25)22-18-8-9-24(23-18)11-14-6-7-15(21)10-16(14)20/h2-10H,11-12H2,1H3,(H,22,23,25). The fourth-order valence-corrected chi connectivity index (χ4v) is 2.61. The summed E-state index contributed by atoms with van der Waals surface area (Å²) in [6.07, 6.45) is 1.71. The molecule has 2 aromatic carbocycles. The van der Waals surface area contributed by atoms with E-state index >= 15 is 0 Å². The van der Waals surface area contributed by atoms with Crippen LogP contribution in [-0.4, -0.2) is 22.3 Å². The van der Waals surface area contributed by atoms with Crippen LogP contribution in [0.15, 0.2) is 54.7 Å². The Balaban J connectivity index is 1.56. The molecule has 0 spiro atoms. The van der Waals surface area contributed by atoms with Crippen molar-refractivity contribution in [2.24, 2.45) is 0 Å². The molecule has 0 saturated carbocycles. The van der Waals surface area contributed by atoms with E-state index in [9.17, 15) is 9.18 Å². The molecule has 3 aromatic rings. The van der Waals surface area contributed by atoms with E-state index in [1.54, 1.807) is 23.0 Å². The number of rotatable bonds is 6. The molecule has 0 saturated heterocycles. The fraction of sp³-hybridized carbons (Fsp3) is 0.158. The molecule has 3 rings (SSSR count). The third kappa shape index (κ3) is 4.61. The second-order valence-electron chi connectivity index (χ2n) is 5.74. The van der Waals surface area contributed by atoms with Crippen molar-refractivity contribution in [3.63, 3.8) is 0 Å². The quantitative estimate of drug-likeness (QED) is 0.709. The number of hydrogen-bond acceptors (Lipinski definition) is 3. The zero-order valence-electron chi connectivity index (χ0n) is 14.1. The Hall–Kier alpha value is -2.86. The summed E-state index contributed by atoms with van der Waals surface area (Å²) < 4.78 is 20.2. The van der Waals surface area contributed by atoms with Gasteiger partial charge in [0.05, 0.1) is 6.54 Å². The normalized spacial score (nSPS) is 10.6. The molecular formula is C19H17ClFN3O2. The molecule has 134 valence electrons. The maximum atomic E-state index is 13.1. The van der Waals surface area contributed by atoms with Crippen molar-refractivity contribution < 1.29 is 13.9 Å². The summed E-state index contributed by atoms with van der Waals surface area (Å²) in [5.74, 6) is 0.375. The van der Waals surface area contributed by atoms with Gasteiger partial charge in [-0.3, -0.25) is 9.48 Å². The highest BCUT2D eigenvalue weighted by atomic mass is 35.5. The van der Waals surface area contributed by atoms with Crippen LogP contribution in [0.3, 0.4) is 0 Å². The first-order valence-electron chi connectivity index (χ1n) is 7.97. The highest BCUT2D eigenvalue weighted by Crippen LogP contribution is 2.19. The van der Waals surface area contributed by atoms with Gasteiger partial charge in [0, 0.05) is 17.3 Å². The lowest BCUT2D eigenvalue weighted by Gasteiger charge is -2.08. The molecule has 1 heterocycles. The van der Waals surface area contributed by atoms with Gasteiger partial charge in [0.25, 0.3) is 5.91 Å². The molecule has 1 aromatic heterocycles. The molecule has 7 heteroatoms. The van der Waals surface area contributed by atoms with Crippen molar-refractivity contribution >= 4 is 23.3 Å². The van der Waals surface area contributed by atoms with Crippen molar-refractivity contribution in [3.8, 4) is 5.75 Å². The number of benzene rings is 2. The number of amides is 1. The average molecular weight is 374 g/mol. The summed E-state index contributed by atoms with van der Waals surface area (Å²) in [7, 11) is 0. The van der Waals surface area contributed by atoms with Crippen molar-refractivity contribution in [1.82, 2.24) is 9.78 Å². The Morgan fingerprint density at radius 3 is 2.85 bits per heavy atom. The van der Waals surface area contributed by atoms with E-state index in [2.05, 4.69) is 10.4 Å². The molecule has 0 bridgehead atoms. The van der Waals surface area contributed by atoms with Gasteiger partial charge in [0.15, 0.2) is 12.4 Å². The number of ether oxygens (including phenoxy) is 1. The number of carbonyl (C=O) groups is 1. The van der Waals surface area contributed by atoms with E-state index in [0.717, 1.165) is 11.1 Å². The number of nitrogens with one attached hydrogen (secondary N) is 1. The van der Waals surface area contributed by atoms with Crippen LogP contribution in [0.5, 0.6) is 5.75 Å². The Labute approximate surface area is 155 Å². The summed E-state index contributed by atoms with van der Waals surface area (Å²) in [5, 5.41) is 7.26. The van der Waals surface area contributed by atoms with Crippen LogP contribution in [0.4, 0.5) is 10.2 Å². The Morgan fingerprint density at radius 2 is 2.08 bits per heavy atom. The minimum absolute atomic E-state index is 0.110. The lowest BCUT2D eigenvalue weighted by molar-refractivity contribution is -0.118. The van der Waals surface area contributed by atoms with E-state index in [1.807, 2.05) is 31.2 Å². The van der Waals surface area contributed by atoms with E-state index in [4.69, 9.17) is 16.3 Å². The second kappa shape index (κ2) is 8.01. The summed E-state index contributed by atoms with van der Waals surface area (Å²) in [5.41, 5.74) is 1.69. The van der Waals surface area contributed by atoms with Crippen LogP contribution < -0.4 is 10.1 Å². The van der Waals surface area contributed by atoms with E-state index < -0.39 is 0 Å². The molecule has 26 heavy (non-hydrogen) atoms. The van der Waals surface area contributed by atoms with Crippen LogP contribution >= 0.6 is 11.6 Å². The van der Waals surface area contributed by atoms with Crippen molar-refractivity contribution in [2.45, 2.75) is 13.5 Å². The predicted octanol–water partition coefficient (Wildman–Crippen LogP) is 4.05. The summed E-state index contributed by atoms with van der Waals surface area (Å²) in [4.78, 5) is 12.0. The molecule has 0 aliphatic rings. The van der Waals surface area contributed by atoms with Gasteiger partial charge in [-0.05, 0) is 36.2 Å². The smallest absolute Gasteiger partial charge is 0.263 e. The zero-order chi connectivity index (χ0) is 18.5. The number of hydrogen-bond donors (Lipinski definition) is 1. The SMILES string of the molecule is Cc1ccccc1OCC(=O)Nc1ccn(Cc2ccc(F)cc2Cl)n1. The first kappa shape index (κ1) is 17.9. The first-order chi connectivity index (χ1) is 12.5. The van der Waals surface area contributed by atoms with Gasteiger partial charge >= 0.3 is 0 Å². The molecule has 5 nitrogen and oxygen atoms in total. The largest absolute Gasteiger partial charge is 0.483 e. The summed E-state index contributed by atoms with van der Waals surface area (Å²) >= 11 is 6.02. The Bertz CT molecular complexity index is 927. The monoisotopic (exact) mass is 373 g/mol. The number of nitrogens with zero attached hydrogens (tertiary/aromatic N) is 2. The fourth-order valence-electron chi connectivity index (χ4n) is 2.38. The maximum absolute atomic E-state index is 13.1. The van der Waals surface area contributed by atoms with Gasteiger partial charge in [-0.2, -0.15) is 5.10 Å². The Kier molecular flexibility index (Phi) is 5.53. The lowest BCUT2D eigenvalue weighted by atomic mass is 10.2. The zero-order valence-corrected chi connectivity index (χ0v) is 14.8. The van der Waals surface area contributed by atoms with Crippen LogP contribution in [0, 0.1) is 12.7 Å². The molecule has 0 unspecified atom stereocenters. The molecule has 0 fully saturated rings. The van der Waals surface area contributed by atoms with Crippen molar-refractivity contribution in [1.29, 1.82) is 0 Å². The van der Waals surface area contributed by atoms with E-state index in [0.29, 0.717) is 23.1 Å². The van der Waals surface area contributed by atoms with Gasteiger partial charge in [0.2, 0.25) is 0 Å². The number of para-hydroxylation sites is 1. The van der Waals surface area contributed by atoms with Gasteiger partial charge < -0.3 is 10.1 Å². The van der Waals surface area contributed by atoms with Crippen LogP contribution in [0.25, 0.3) is 0 Å². The predicted molar refractivity (Wildman–Crippen MR) is 98.0 cm³/mol.